The Balaban J connectivity index is 2.77. The lowest BCUT2D eigenvalue weighted by Crippen LogP contribution is -1.95. The minimum Gasteiger partial charge on any atom is -0.478 e. The van der Waals surface area contributed by atoms with Crippen LogP contribution in [0.15, 0.2) is 22.4 Å². The molecule has 1 aromatic heterocycles. The van der Waals surface area contributed by atoms with Crippen LogP contribution in [0.25, 0.3) is 10.1 Å². The van der Waals surface area contributed by atoms with Crippen LogP contribution < -0.4 is 0 Å². The number of thiol groups is 1. The highest BCUT2D eigenvalue weighted by atomic mass is 127. The van der Waals surface area contributed by atoms with Crippen molar-refractivity contribution in [1.82, 2.24) is 0 Å². The number of carboxylic acids is 1. The van der Waals surface area contributed by atoms with Crippen LogP contribution >= 0.6 is 46.6 Å². The van der Waals surface area contributed by atoms with Crippen LogP contribution in [0, 0.1) is 3.57 Å². The van der Waals surface area contributed by atoms with E-state index in [1.54, 1.807) is 23.5 Å². The van der Waals surface area contributed by atoms with Crippen LogP contribution in [0.4, 0.5) is 0 Å². The van der Waals surface area contributed by atoms with Crippen molar-refractivity contribution in [2.45, 2.75) is 4.21 Å². The maximum atomic E-state index is 10.8. The van der Waals surface area contributed by atoms with Crippen LogP contribution in [-0.2, 0) is 0 Å². The minimum absolute atomic E-state index is 0.327. The van der Waals surface area contributed by atoms with Crippen molar-refractivity contribution in [1.29, 1.82) is 0 Å². The zero-order valence-electron chi connectivity index (χ0n) is 6.82. The summed E-state index contributed by atoms with van der Waals surface area (Å²) in [4.78, 5) is 10.8. The monoisotopic (exact) mass is 336 g/mol. The molecular weight excluding hydrogens is 331 g/mol. The molecule has 14 heavy (non-hydrogen) atoms. The van der Waals surface area contributed by atoms with Crippen molar-refractivity contribution >= 4 is 62.6 Å². The lowest BCUT2D eigenvalue weighted by molar-refractivity contribution is 0.0697. The van der Waals surface area contributed by atoms with Gasteiger partial charge < -0.3 is 5.11 Å². The fourth-order valence-electron chi connectivity index (χ4n) is 1.22. The van der Waals surface area contributed by atoms with Crippen LogP contribution in [0.2, 0.25) is 0 Å². The molecule has 72 valence electrons. The van der Waals surface area contributed by atoms with E-state index in [9.17, 15) is 4.79 Å². The molecule has 0 atom stereocenters. The van der Waals surface area contributed by atoms with Gasteiger partial charge in [-0.1, -0.05) is 0 Å². The Bertz CT molecular complexity index is 519. The Kier molecular flexibility index (Phi) is 2.72. The number of benzene rings is 1. The number of hydrogen-bond donors (Lipinski definition) is 2. The van der Waals surface area contributed by atoms with Gasteiger partial charge >= 0.3 is 5.97 Å². The van der Waals surface area contributed by atoms with Crippen molar-refractivity contribution in [2.24, 2.45) is 0 Å². The van der Waals surface area contributed by atoms with Crippen LogP contribution in [-0.4, -0.2) is 11.1 Å². The van der Waals surface area contributed by atoms with Gasteiger partial charge in [0.1, 0.15) is 0 Å². The largest absolute Gasteiger partial charge is 0.478 e. The zero-order valence-corrected chi connectivity index (χ0v) is 10.7. The van der Waals surface area contributed by atoms with Gasteiger partial charge in [-0.2, -0.15) is 0 Å². The van der Waals surface area contributed by atoms with Gasteiger partial charge in [0.15, 0.2) is 0 Å². The molecule has 0 saturated carbocycles. The Morgan fingerprint density at radius 1 is 1.43 bits per heavy atom. The predicted octanol–water partition coefficient (Wildman–Crippen LogP) is 3.49. The van der Waals surface area contributed by atoms with Gasteiger partial charge in [0.25, 0.3) is 0 Å². The van der Waals surface area contributed by atoms with Crippen molar-refractivity contribution in [3.8, 4) is 0 Å². The molecule has 0 aliphatic carbocycles. The van der Waals surface area contributed by atoms with E-state index in [2.05, 4.69) is 35.2 Å². The number of rotatable bonds is 1. The summed E-state index contributed by atoms with van der Waals surface area (Å²) in [5.41, 5.74) is 0.327. The Labute approximate surface area is 103 Å². The lowest BCUT2D eigenvalue weighted by atomic mass is 10.2. The number of thiophene rings is 1. The molecule has 0 unspecified atom stereocenters. The van der Waals surface area contributed by atoms with Crippen molar-refractivity contribution < 1.29 is 9.90 Å². The first kappa shape index (κ1) is 10.3. The maximum Gasteiger partial charge on any atom is 0.335 e. The van der Waals surface area contributed by atoms with E-state index < -0.39 is 5.97 Å². The van der Waals surface area contributed by atoms with Gasteiger partial charge in [-0.05, 0) is 46.2 Å². The summed E-state index contributed by atoms with van der Waals surface area (Å²) in [6, 6.07) is 5.24. The molecule has 0 aliphatic heterocycles. The van der Waals surface area contributed by atoms with E-state index >= 15 is 0 Å². The second kappa shape index (κ2) is 3.71. The molecule has 5 heteroatoms. The second-order valence-electron chi connectivity index (χ2n) is 2.77. The van der Waals surface area contributed by atoms with Gasteiger partial charge in [0.05, 0.1) is 9.77 Å². The molecule has 1 aromatic carbocycles. The van der Waals surface area contributed by atoms with E-state index in [1.807, 2.05) is 6.07 Å². The van der Waals surface area contributed by atoms with Gasteiger partial charge in [0.2, 0.25) is 0 Å². The summed E-state index contributed by atoms with van der Waals surface area (Å²) in [5, 5.41) is 9.80. The van der Waals surface area contributed by atoms with Crippen LogP contribution in [0.5, 0.6) is 0 Å². The predicted molar refractivity (Wildman–Crippen MR) is 68.8 cm³/mol. The van der Waals surface area contributed by atoms with Gasteiger partial charge in [-0.15, -0.1) is 24.0 Å². The third-order valence-electron chi connectivity index (χ3n) is 1.80. The first-order valence-electron chi connectivity index (χ1n) is 3.73. The third kappa shape index (κ3) is 1.76. The first-order chi connectivity index (χ1) is 6.58. The summed E-state index contributed by atoms with van der Waals surface area (Å²) >= 11 is 7.95. The van der Waals surface area contributed by atoms with Crippen molar-refractivity contribution in [3.05, 3.63) is 27.3 Å². The molecule has 0 saturated heterocycles. The molecule has 1 heterocycles. The minimum atomic E-state index is -0.892. The van der Waals surface area contributed by atoms with E-state index in [0.29, 0.717) is 5.56 Å². The molecule has 0 spiro atoms. The lowest BCUT2D eigenvalue weighted by Gasteiger charge is -1.97. The fraction of sp³-hybridized carbons (Fsp3) is 0. The molecule has 0 fully saturated rings. The average molecular weight is 336 g/mol. The standard InChI is InChI=1S/C9H5IO2S2/c10-6-2-5(9(11)12)1-4-3-7(13)14-8(4)6/h1-3,13H,(H,11,12). The van der Waals surface area contributed by atoms with Crippen molar-refractivity contribution in [3.63, 3.8) is 0 Å². The van der Waals surface area contributed by atoms with Gasteiger partial charge in [0, 0.05) is 8.27 Å². The molecule has 2 rings (SSSR count). The molecule has 2 nitrogen and oxygen atoms in total. The zero-order chi connectivity index (χ0) is 10.3. The number of carboxylic acid groups (broad SMARTS) is 1. The first-order valence-corrected chi connectivity index (χ1v) is 6.07. The maximum absolute atomic E-state index is 10.8. The summed E-state index contributed by atoms with van der Waals surface area (Å²) in [5.74, 6) is -0.892. The highest BCUT2D eigenvalue weighted by Gasteiger charge is 2.09. The fourth-order valence-corrected chi connectivity index (χ4v) is 3.40. The Hall–Kier alpha value is -0.270. The summed E-state index contributed by atoms with van der Waals surface area (Å²) in [6.07, 6.45) is 0. The number of halogens is 1. The molecule has 0 aliphatic rings. The van der Waals surface area contributed by atoms with E-state index in [1.165, 1.54) is 0 Å². The normalized spacial score (nSPS) is 10.7. The SMILES string of the molecule is O=C(O)c1cc(I)c2sc(S)cc2c1. The van der Waals surface area contributed by atoms with Crippen LogP contribution in [0.1, 0.15) is 10.4 Å². The van der Waals surface area contributed by atoms with Crippen molar-refractivity contribution in [2.75, 3.05) is 0 Å². The number of hydrogen-bond acceptors (Lipinski definition) is 3. The van der Waals surface area contributed by atoms with Gasteiger partial charge in [-0.25, -0.2) is 4.79 Å². The summed E-state index contributed by atoms with van der Waals surface area (Å²) in [6.45, 7) is 0. The average Bonchev–Trinajstić information content (AvgIpc) is 2.45. The van der Waals surface area contributed by atoms with E-state index in [4.69, 9.17) is 5.11 Å². The van der Waals surface area contributed by atoms with E-state index in [0.717, 1.165) is 17.9 Å². The van der Waals surface area contributed by atoms with Gasteiger partial charge in [-0.3, -0.25) is 0 Å². The Morgan fingerprint density at radius 3 is 2.79 bits per heavy atom. The topological polar surface area (TPSA) is 37.3 Å². The van der Waals surface area contributed by atoms with E-state index in [-0.39, 0.29) is 0 Å². The highest BCUT2D eigenvalue weighted by molar-refractivity contribution is 14.1. The molecule has 1 N–H and O–H groups in total. The number of fused-ring (bicyclic) bond motifs is 1. The molecule has 0 amide bonds. The molecule has 0 bridgehead atoms. The molecular formula is C9H5IO2S2. The molecule has 0 radical (unpaired) electrons. The third-order valence-corrected chi connectivity index (χ3v) is 4.41. The van der Waals surface area contributed by atoms with Crippen LogP contribution in [0.3, 0.4) is 0 Å². The second-order valence-corrected chi connectivity index (χ2v) is 5.76. The smallest absolute Gasteiger partial charge is 0.335 e. The quantitative estimate of drug-likeness (QED) is 0.618. The number of aromatic carboxylic acids is 1. The Morgan fingerprint density at radius 2 is 2.14 bits per heavy atom. The number of carbonyl (C=O) groups is 1. The highest BCUT2D eigenvalue weighted by Crippen LogP contribution is 2.32. The summed E-state index contributed by atoms with van der Waals surface area (Å²) < 4.78 is 2.96. The summed E-state index contributed by atoms with van der Waals surface area (Å²) in [7, 11) is 0. The molecule has 2 aromatic rings.